The molecular formula is C16H18ClNO. The van der Waals surface area contributed by atoms with Crippen LogP contribution in [0.25, 0.3) is 0 Å². The minimum atomic E-state index is 0.150. The van der Waals surface area contributed by atoms with Gasteiger partial charge in [0.1, 0.15) is 5.75 Å². The fraction of sp³-hybridized carbons (Fsp3) is 0.250. The van der Waals surface area contributed by atoms with Crippen LogP contribution in [-0.4, -0.2) is 5.11 Å². The molecule has 0 radical (unpaired) electrons. The van der Waals surface area contributed by atoms with E-state index < -0.39 is 0 Å². The largest absolute Gasteiger partial charge is 0.508 e. The van der Waals surface area contributed by atoms with Crippen LogP contribution >= 0.6 is 11.6 Å². The van der Waals surface area contributed by atoms with Crippen molar-refractivity contribution >= 4 is 11.6 Å². The van der Waals surface area contributed by atoms with Crippen LogP contribution in [0.3, 0.4) is 0 Å². The molecule has 19 heavy (non-hydrogen) atoms. The summed E-state index contributed by atoms with van der Waals surface area (Å²) in [6.07, 6.45) is 0.922. The molecule has 0 aromatic heterocycles. The third-order valence-electron chi connectivity index (χ3n) is 3.19. The minimum absolute atomic E-state index is 0.150. The van der Waals surface area contributed by atoms with Gasteiger partial charge in [-0.05, 0) is 30.2 Å². The van der Waals surface area contributed by atoms with E-state index in [1.165, 1.54) is 5.56 Å². The predicted molar refractivity (Wildman–Crippen MR) is 79.4 cm³/mol. The third kappa shape index (κ3) is 3.72. The maximum absolute atomic E-state index is 9.89. The molecule has 0 saturated carbocycles. The standard InChI is InChI=1S/C16H18ClNO/c1-2-15(14-5-3-4-6-16(14)19)18-11-12-7-9-13(17)10-8-12/h3-10,15,18-19H,2,11H2,1H3. The molecule has 0 bridgehead atoms. The lowest BCUT2D eigenvalue weighted by atomic mass is 10.0. The van der Waals surface area contributed by atoms with Gasteiger partial charge in [0.25, 0.3) is 0 Å². The highest BCUT2D eigenvalue weighted by atomic mass is 35.5. The first-order valence-corrected chi connectivity index (χ1v) is 6.84. The zero-order valence-corrected chi connectivity index (χ0v) is 11.7. The summed E-state index contributed by atoms with van der Waals surface area (Å²) in [7, 11) is 0. The predicted octanol–water partition coefficient (Wildman–Crippen LogP) is 4.29. The average molecular weight is 276 g/mol. The van der Waals surface area contributed by atoms with E-state index in [4.69, 9.17) is 11.6 Å². The molecule has 0 aliphatic carbocycles. The van der Waals surface area contributed by atoms with Crippen LogP contribution in [0, 0.1) is 0 Å². The van der Waals surface area contributed by atoms with Gasteiger partial charge in [-0.25, -0.2) is 0 Å². The molecule has 1 unspecified atom stereocenters. The summed E-state index contributed by atoms with van der Waals surface area (Å²) in [6, 6.07) is 15.4. The second kappa shape index (κ2) is 6.60. The maximum Gasteiger partial charge on any atom is 0.120 e. The summed E-state index contributed by atoms with van der Waals surface area (Å²) in [4.78, 5) is 0. The van der Waals surface area contributed by atoms with Crippen LogP contribution in [0.4, 0.5) is 0 Å². The molecule has 100 valence electrons. The Balaban J connectivity index is 2.04. The monoisotopic (exact) mass is 275 g/mol. The Morgan fingerprint density at radius 2 is 1.79 bits per heavy atom. The van der Waals surface area contributed by atoms with Crippen LogP contribution in [-0.2, 0) is 6.54 Å². The van der Waals surface area contributed by atoms with Crippen molar-refractivity contribution < 1.29 is 5.11 Å². The van der Waals surface area contributed by atoms with E-state index in [2.05, 4.69) is 12.2 Å². The van der Waals surface area contributed by atoms with Gasteiger partial charge in [0.05, 0.1) is 0 Å². The Hall–Kier alpha value is -1.51. The molecule has 0 aliphatic rings. The number of para-hydroxylation sites is 1. The van der Waals surface area contributed by atoms with Gasteiger partial charge in [-0.1, -0.05) is 48.9 Å². The van der Waals surface area contributed by atoms with Crippen LogP contribution in [0.2, 0.25) is 5.02 Å². The van der Waals surface area contributed by atoms with Crippen molar-refractivity contribution in [2.75, 3.05) is 0 Å². The quantitative estimate of drug-likeness (QED) is 0.853. The van der Waals surface area contributed by atoms with E-state index in [1.54, 1.807) is 6.07 Å². The van der Waals surface area contributed by atoms with E-state index in [0.717, 1.165) is 23.6 Å². The number of phenolic OH excluding ortho intramolecular Hbond substituents is 1. The van der Waals surface area contributed by atoms with E-state index in [0.29, 0.717) is 5.75 Å². The Kier molecular flexibility index (Phi) is 4.83. The molecule has 2 aromatic rings. The van der Waals surface area contributed by atoms with Crippen LogP contribution in [0.1, 0.15) is 30.5 Å². The highest BCUT2D eigenvalue weighted by molar-refractivity contribution is 6.30. The molecule has 2 aromatic carbocycles. The molecule has 2 N–H and O–H groups in total. The van der Waals surface area contributed by atoms with Crippen LogP contribution in [0.15, 0.2) is 48.5 Å². The third-order valence-corrected chi connectivity index (χ3v) is 3.44. The van der Waals surface area contributed by atoms with E-state index in [-0.39, 0.29) is 6.04 Å². The van der Waals surface area contributed by atoms with E-state index in [1.807, 2.05) is 42.5 Å². The van der Waals surface area contributed by atoms with E-state index >= 15 is 0 Å². The topological polar surface area (TPSA) is 32.3 Å². The lowest BCUT2D eigenvalue weighted by Gasteiger charge is -2.18. The lowest BCUT2D eigenvalue weighted by Crippen LogP contribution is -2.20. The molecule has 0 saturated heterocycles. The van der Waals surface area contributed by atoms with Crippen molar-refractivity contribution in [3.8, 4) is 5.75 Å². The molecular weight excluding hydrogens is 258 g/mol. The molecule has 1 atom stereocenters. The van der Waals surface area contributed by atoms with Gasteiger partial charge in [0.15, 0.2) is 0 Å². The van der Waals surface area contributed by atoms with Crippen LogP contribution < -0.4 is 5.32 Å². The SMILES string of the molecule is CCC(NCc1ccc(Cl)cc1)c1ccccc1O. The highest BCUT2D eigenvalue weighted by Gasteiger charge is 2.12. The summed E-state index contributed by atoms with van der Waals surface area (Å²) in [5.74, 6) is 0.345. The van der Waals surface area contributed by atoms with Crippen molar-refractivity contribution in [1.82, 2.24) is 5.32 Å². The Labute approximate surface area is 119 Å². The number of hydrogen-bond donors (Lipinski definition) is 2. The minimum Gasteiger partial charge on any atom is -0.508 e. The van der Waals surface area contributed by atoms with Gasteiger partial charge in [-0.15, -0.1) is 0 Å². The fourth-order valence-electron chi connectivity index (χ4n) is 2.10. The Bertz CT molecular complexity index is 525. The summed E-state index contributed by atoms with van der Waals surface area (Å²) in [6.45, 7) is 2.86. The molecule has 2 nitrogen and oxygen atoms in total. The summed E-state index contributed by atoms with van der Waals surface area (Å²) < 4.78 is 0. The Morgan fingerprint density at radius 1 is 1.11 bits per heavy atom. The molecule has 3 heteroatoms. The number of aromatic hydroxyl groups is 1. The first kappa shape index (κ1) is 13.9. The van der Waals surface area contributed by atoms with Crippen molar-refractivity contribution in [3.63, 3.8) is 0 Å². The normalized spacial score (nSPS) is 12.3. The average Bonchev–Trinajstić information content (AvgIpc) is 2.43. The second-order valence-corrected chi connectivity index (χ2v) is 4.96. The number of halogens is 1. The molecule has 2 rings (SSSR count). The van der Waals surface area contributed by atoms with Crippen molar-refractivity contribution in [2.45, 2.75) is 25.9 Å². The summed E-state index contributed by atoms with van der Waals surface area (Å²) >= 11 is 5.86. The number of phenols is 1. The van der Waals surface area contributed by atoms with Gasteiger partial charge in [0, 0.05) is 23.2 Å². The smallest absolute Gasteiger partial charge is 0.120 e. The molecule has 0 amide bonds. The van der Waals surface area contributed by atoms with Crippen molar-refractivity contribution in [1.29, 1.82) is 0 Å². The lowest BCUT2D eigenvalue weighted by molar-refractivity contribution is 0.441. The van der Waals surface area contributed by atoms with Gasteiger partial charge in [0.2, 0.25) is 0 Å². The number of nitrogens with one attached hydrogen (secondary N) is 1. The van der Waals surface area contributed by atoms with Gasteiger partial charge >= 0.3 is 0 Å². The first-order valence-electron chi connectivity index (χ1n) is 6.46. The second-order valence-electron chi connectivity index (χ2n) is 4.53. The molecule has 0 spiro atoms. The zero-order valence-electron chi connectivity index (χ0n) is 10.9. The number of hydrogen-bond acceptors (Lipinski definition) is 2. The number of rotatable bonds is 5. The summed E-state index contributed by atoms with van der Waals surface area (Å²) in [5.41, 5.74) is 2.12. The molecule has 0 fully saturated rings. The molecule has 0 aliphatic heterocycles. The summed E-state index contributed by atoms with van der Waals surface area (Å²) in [5, 5.41) is 14.1. The highest BCUT2D eigenvalue weighted by Crippen LogP contribution is 2.26. The zero-order chi connectivity index (χ0) is 13.7. The fourth-order valence-corrected chi connectivity index (χ4v) is 2.23. The maximum atomic E-state index is 9.89. The van der Waals surface area contributed by atoms with Crippen molar-refractivity contribution in [3.05, 3.63) is 64.7 Å². The van der Waals surface area contributed by atoms with E-state index in [9.17, 15) is 5.11 Å². The van der Waals surface area contributed by atoms with Crippen LogP contribution in [0.5, 0.6) is 5.75 Å². The first-order chi connectivity index (χ1) is 9.20. The molecule has 0 heterocycles. The van der Waals surface area contributed by atoms with Gasteiger partial charge < -0.3 is 10.4 Å². The van der Waals surface area contributed by atoms with Crippen molar-refractivity contribution in [2.24, 2.45) is 0 Å². The Morgan fingerprint density at radius 3 is 2.42 bits per heavy atom. The van der Waals surface area contributed by atoms with Gasteiger partial charge in [-0.3, -0.25) is 0 Å². The van der Waals surface area contributed by atoms with Gasteiger partial charge in [-0.2, -0.15) is 0 Å². The number of benzene rings is 2.